The third kappa shape index (κ3) is 5.60. The van der Waals surface area contributed by atoms with E-state index in [0.717, 1.165) is 42.5 Å². The van der Waals surface area contributed by atoms with Crippen molar-refractivity contribution >= 4 is 23.4 Å². The van der Waals surface area contributed by atoms with Crippen molar-refractivity contribution in [1.82, 2.24) is 19.9 Å². The number of anilines is 3. The molecule has 32 heavy (non-hydrogen) atoms. The zero-order valence-electron chi connectivity index (χ0n) is 19.0. The number of carbonyl (C=O) groups is 1. The molecule has 1 aliphatic heterocycles. The molecule has 4 rings (SSSR count). The summed E-state index contributed by atoms with van der Waals surface area (Å²) in [5.41, 5.74) is 3.59. The minimum atomic E-state index is 0.220. The SMILES string of the molecule is Cc1cccc(CCC(=O)N2CCN(c3cc(Nc4cc(C)ccn4)nc(C)n3)CC2)c1. The summed E-state index contributed by atoms with van der Waals surface area (Å²) >= 11 is 0. The van der Waals surface area contributed by atoms with Crippen molar-refractivity contribution in [3.63, 3.8) is 0 Å². The van der Waals surface area contributed by atoms with E-state index in [-0.39, 0.29) is 5.91 Å². The molecule has 3 heterocycles. The Labute approximate surface area is 189 Å². The fraction of sp³-hybridized carbons (Fsp3) is 0.360. The number of piperazine rings is 1. The maximum Gasteiger partial charge on any atom is 0.223 e. The number of carbonyl (C=O) groups excluding carboxylic acids is 1. The molecule has 7 heteroatoms. The van der Waals surface area contributed by atoms with E-state index in [1.54, 1.807) is 6.20 Å². The molecule has 166 valence electrons. The summed E-state index contributed by atoms with van der Waals surface area (Å²) < 4.78 is 0. The Morgan fingerprint density at radius 1 is 0.938 bits per heavy atom. The lowest BCUT2D eigenvalue weighted by Crippen LogP contribution is -2.49. The quantitative estimate of drug-likeness (QED) is 0.641. The van der Waals surface area contributed by atoms with Crippen LogP contribution in [-0.4, -0.2) is 51.9 Å². The third-order valence-corrected chi connectivity index (χ3v) is 5.66. The van der Waals surface area contributed by atoms with E-state index in [4.69, 9.17) is 0 Å². The van der Waals surface area contributed by atoms with Crippen molar-refractivity contribution in [3.05, 3.63) is 71.2 Å². The van der Waals surface area contributed by atoms with E-state index >= 15 is 0 Å². The Bertz CT molecular complexity index is 1090. The second-order valence-corrected chi connectivity index (χ2v) is 8.36. The minimum Gasteiger partial charge on any atom is -0.353 e. The zero-order chi connectivity index (χ0) is 22.5. The van der Waals surface area contributed by atoms with Crippen LogP contribution >= 0.6 is 0 Å². The zero-order valence-corrected chi connectivity index (χ0v) is 19.0. The average Bonchev–Trinajstić information content (AvgIpc) is 2.77. The lowest BCUT2D eigenvalue weighted by Gasteiger charge is -2.35. The summed E-state index contributed by atoms with van der Waals surface area (Å²) in [4.78, 5) is 30.4. The number of hydrogen-bond donors (Lipinski definition) is 1. The van der Waals surface area contributed by atoms with Crippen molar-refractivity contribution in [3.8, 4) is 0 Å². The van der Waals surface area contributed by atoms with Gasteiger partial charge in [-0.3, -0.25) is 4.79 Å². The molecule has 0 bridgehead atoms. The molecule has 0 saturated carbocycles. The fourth-order valence-electron chi connectivity index (χ4n) is 3.98. The van der Waals surface area contributed by atoms with E-state index in [1.807, 2.05) is 36.9 Å². The van der Waals surface area contributed by atoms with Crippen molar-refractivity contribution in [1.29, 1.82) is 0 Å². The van der Waals surface area contributed by atoms with E-state index < -0.39 is 0 Å². The molecule has 1 saturated heterocycles. The summed E-state index contributed by atoms with van der Waals surface area (Å²) in [6.45, 7) is 8.94. The fourth-order valence-corrected chi connectivity index (χ4v) is 3.98. The van der Waals surface area contributed by atoms with Gasteiger partial charge in [-0.25, -0.2) is 15.0 Å². The third-order valence-electron chi connectivity index (χ3n) is 5.66. The maximum absolute atomic E-state index is 12.7. The number of aryl methyl sites for hydroxylation is 4. The van der Waals surface area contributed by atoms with Gasteiger partial charge in [-0.15, -0.1) is 0 Å². The molecule has 0 atom stereocenters. The summed E-state index contributed by atoms with van der Waals surface area (Å²) in [5, 5.41) is 3.27. The van der Waals surface area contributed by atoms with Gasteiger partial charge >= 0.3 is 0 Å². The normalized spacial score (nSPS) is 13.8. The molecule has 0 spiro atoms. The molecule has 0 unspecified atom stereocenters. The highest BCUT2D eigenvalue weighted by molar-refractivity contribution is 5.76. The van der Waals surface area contributed by atoms with Crippen LogP contribution in [0, 0.1) is 20.8 Å². The van der Waals surface area contributed by atoms with Gasteiger partial charge < -0.3 is 15.1 Å². The van der Waals surface area contributed by atoms with Gasteiger partial charge in [0.1, 0.15) is 23.3 Å². The number of pyridine rings is 1. The number of rotatable bonds is 6. The number of nitrogens with one attached hydrogen (secondary N) is 1. The molecule has 3 aromatic rings. The first-order valence-electron chi connectivity index (χ1n) is 11.1. The molecule has 2 aromatic heterocycles. The molecule has 0 radical (unpaired) electrons. The Hall–Kier alpha value is -3.48. The second-order valence-electron chi connectivity index (χ2n) is 8.36. The van der Waals surface area contributed by atoms with Crippen LogP contribution in [0.3, 0.4) is 0 Å². The van der Waals surface area contributed by atoms with Crippen LogP contribution in [0.1, 0.15) is 28.9 Å². The van der Waals surface area contributed by atoms with Crippen LogP contribution in [0.25, 0.3) is 0 Å². The molecule has 1 amide bonds. The summed E-state index contributed by atoms with van der Waals surface area (Å²) in [6.07, 6.45) is 3.11. The first-order valence-corrected chi connectivity index (χ1v) is 11.1. The molecule has 1 N–H and O–H groups in total. The molecule has 1 fully saturated rings. The van der Waals surface area contributed by atoms with Crippen LogP contribution in [0.2, 0.25) is 0 Å². The summed E-state index contributed by atoms with van der Waals surface area (Å²) in [6, 6.07) is 14.3. The average molecular weight is 431 g/mol. The number of amides is 1. The van der Waals surface area contributed by atoms with Crippen LogP contribution in [-0.2, 0) is 11.2 Å². The highest BCUT2D eigenvalue weighted by Gasteiger charge is 2.22. The van der Waals surface area contributed by atoms with Crippen molar-refractivity contribution in [2.75, 3.05) is 36.4 Å². The molecule has 1 aromatic carbocycles. The number of nitrogens with zero attached hydrogens (tertiary/aromatic N) is 5. The van der Waals surface area contributed by atoms with Crippen molar-refractivity contribution < 1.29 is 4.79 Å². The van der Waals surface area contributed by atoms with Gasteiger partial charge in [0.15, 0.2) is 0 Å². The predicted molar refractivity (Wildman–Crippen MR) is 127 cm³/mol. The minimum absolute atomic E-state index is 0.220. The lowest BCUT2D eigenvalue weighted by molar-refractivity contribution is -0.131. The van der Waals surface area contributed by atoms with Gasteiger partial charge in [0, 0.05) is 44.9 Å². The predicted octanol–water partition coefficient (Wildman–Crippen LogP) is 3.82. The van der Waals surface area contributed by atoms with Crippen LogP contribution in [0.5, 0.6) is 0 Å². The van der Waals surface area contributed by atoms with Gasteiger partial charge in [0.25, 0.3) is 0 Å². The van der Waals surface area contributed by atoms with Crippen LogP contribution < -0.4 is 10.2 Å². The molecule has 0 aliphatic carbocycles. The topological polar surface area (TPSA) is 74.2 Å². The molecule has 1 aliphatic rings. The summed E-state index contributed by atoms with van der Waals surface area (Å²) in [5.74, 6) is 3.28. The van der Waals surface area contributed by atoms with Crippen molar-refractivity contribution in [2.24, 2.45) is 0 Å². The highest BCUT2D eigenvalue weighted by atomic mass is 16.2. The molecule has 7 nitrogen and oxygen atoms in total. The second kappa shape index (κ2) is 9.77. The van der Waals surface area contributed by atoms with E-state index in [9.17, 15) is 4.79 Å². The highest BCUT2D eigenvalue weighted by Crippen LogP contribution is 2.21. The first-order chi connectivity index (χ1) is 15.5. The number of hydrogen-bond acceptors (Lipinski definition) is 6. The number of aromatic nitrogens is 3. The van der Waals surface area contributed by atoms with Gasteiger partial charge in [0.2, 0.25) is 5.91 Å². The lowest BCUT2D eigenvalue weighted by atomic mass is 10.1. The van der Waals surface area contributed by atoms with Crippen LogP contribution in [0.15, 0.2) is 48.7 Å². The van der Waals surface area contributed by atoms with E-state index in [1.165, 1.54) is 11.1 Å². The largest absolute Gasteiger partial charge is 0.353 e. The molecular weight excluding hydrogens is 400 g/mol. The Morgan fingerprint density at radius 3 is 2.47 bits per heavy atom. The van der Waals surface area contributed by atoms with Gasteiger partial charge in [0.05, 0.1) is 0 Å². The maximum atomic E-state index is 12.7. The Balaban J connectivity index is 1.34. The standard InChI is InChI=1S/C25H30N6O/c1-18-5-4-6-21(15-18)7-8-25(32)31-13-11-30(12-14-31)24-17-23(27-20(3)28-24)29-22-16-19(2)9-10-26-22/h4-6,9-10,15-17H,7-8,11-14H2,1-3H3,(H,26,27,28,29). The Kier molecular flexibility index (Phi) is 6.63. The number of benzene rings is 1. The van der Waals surface area contributed by atoms with Gasteiger partial charge in [-0.2, -0.15) is 0 Å². The van der Waals surface area contributed by atoms with E-state index in [2.05, 4.69) is 56.4 Å². The summed E-state index contributed by atoms with van der Waals surface area (Å²) in [7, 11) is 0. The first kappa shape index (κ1) is 21.7. The molecular formula is C25H30N6O. The Morgan fingerprint density at radius 2 is 1.72 bits per heavy atom. The van der Waals surface area contributed by atoms with Crippen molar-refractivity contribution in [2.45, 2.75) is 33.6 Å². The smallest absolute Gasteiger partial charge is 0.223 e. The monoisotopic (exact) mass is 430 g/mol. The van der Waals surface area contributed by atoms with Gasteiger partial charge in [-0.1, -0.05) is 29.8 Å². The van der Waals surface area contributed by atoms with Crippen LogP contribution in [0.4, 0.5) is 17.5 Å². The van der Waals surface area contributed by atoms with E-state index in [0.29, 0.717) is 25.3 Å². The van der Waals surface area contributed by atoms with Gasteiger partial charge in [-0.05, 0) is 50.5 Å².